The van der Waals surface area contributed by atoms with Crippen LogP contribution in [-0.2, 0) is 0 Å². The Morgan fingerprint density at radius 2 is 1.19 bits per heavy atom. The Kier molecular flexibility index (Phi) is 1.28. The highest BCUT2D eigenvalue weighted by Crippen LogP contribution is 2.73. The maximum atomic E-state index is 5.89. The standard InChI is InChI=1S/C16H20/c1-2-16-6-13-10-3-9-4-11(13)15(8-16)12(5-9)14(10)7-16/h1,9-15H,3-8H2. The van der Waals surface area contributed by atoms with Crippen LogP contribution < -0.4 is 0 Å². The molecule has 0 spiro atoms. The molecule has 0 heterocycles. The van der Waals surface area contributed by atoms with E-state index in [0.29, 0.717) is 5.41 Å². The van der Waals surface area contributed by atoms with Gasteiger partial charge in [0, 0.05) is 5.41 Å². The number of hydrogen-bond donors (Lipinski definition) is 0. The topological polar surface area (TPSA) is 0 Å². The van der Waals surface area contributed by atoms with Crippen molar-refractivity contribution in [3.05, 3.63) is 0 Å². The molecule has 0 aromatic carbocycles. The molecule has 0 heteroatoms. The van der Waals surface area contributed by atoms with Gasteiger partial charge in [0.05, 0.1) is 0 Å². The van der Waals surface area contributed by atoms with Gasteiger partial charge in [-0.25, -0.2) is 0 Å². The van der Waals surface area contributed by atoms with Gasteiger partial charge in [0.25, 0.3) is 0 Å². The van der Waals surface area contributed by atoms with Crippen molar-refractivity contribution in [1.82, 2.24) is 0 Å². The van der Waals surface area contributed by atoms with E-state index in [1.165, 1.54) is 19.3 Å². The van der Waals surface area contributed by atoms with E-state index in [4.69, 9.17) is 6.42 Å². The zero-order chi connectivity index (χ0) is 10.5. The molecule has 0 N–H and O–H groups in total. The summed E-state index contributed by atoms with van der Waals surface area (Å²) in [4.78, 5) is 0. The minimum absolute atomic E-state index is 0.369. The summed E-state index contributed by atoms with van der Waals surface area (Å²) >= 11 is 0. The Morgan fingerprint density at radius 3 is 1.56 bits per heavy atom. The first kappa shape index (κ1) is 8.62. The van der Waals surface area contributed by atoms with Crippen molar-refractivity contribution < 1.29 is 0 Å². The first-order valence-corrected chi connectivity index (χ1v) is 7.27. The molecule has 0 atom stereocenters. The Hall–Kier alpha value is -0.440. The van der Waals surface area contributed by atoms with Gasteiger partial charge >= 0.3 is 0 Å². The van der Waals surface area contributed by atoms with Crippen molar-refractivity contribution in [3.8, 4) is 12.3 Å². The van der Waals surface area contributed by atoms with Gasteiger partial charge < -0.3 is 0 Å². The zero-order valence-corrected chi connectivity index (χ0v) is 9.86. The van der Waals surface area contributed by atoms with Crippen molar-refractivity contribution in [2.75, 3.05) is 0 Å². The molecule has 7 aliphatic rings. The third-order valence-corrected chi connectivity index (χ3v) is 7.30. The van der Waals surface area contributed by atoms with Crippen molar-refractivity contribution in [2.24, 2.45) is 46.8 Å². The zero-order valence-electron chi connectivity index (χ0n) is 9.86. The van der Waals surface area contributed by atoms with Gasteiger partial charge in [0.1, 0.15) is 0 Å². The van der Waals surface area contributed by atoms with Gasteiger partial charge in [0.2, 0.25) is 0 Å². The lowest BCUT2D eigenvalue weighted by atomic mass is 9.33. The predicted molar refractivity (Wildman–Crippen MR) is 63.4 cm³/mol. The summed E-state index contributed by atoms with van der Waals surface area (Å²) in [6, 6.07) is 0. The molecule has 0 aliphatic heterocycles. The van der Waals surface area contributed by atoms with Crippen LogP contribution in [0.2, 0.25) is 0 Å². The average Bonchev–Trinajstić information content (AvgIpc) is 2.35. The highest BCUT2D eigenvalue weighted by Gasteiger charge is 2.66. The molecular weight excluding hydrogens is 192 g/mol. The summed E-state index contributed by atoms with van der Waals surface area (Å²) in [7, 11) is 0. The third-order valence-electron chi connectivity index (χ3n) is 7.30. The Labute approximate surface area is 98.2 Å². The lowest BCUT2D eigenvalue weighted by molar-refractivity contribution is -0.218. The van der Waals surface area contributed by atoms with E-state index in [-0.39, 0.29) is 0 Å². The monoisotopic (exact) mass is 212 g/mol. The Balaban J connectivity index is 1.68. The molecular formula is C16H20. The number of hydrogen-bond acceptors (Lipinski definition) is 0. The van der Waals surface area contributed by atoms with E-state index in [9.17, 15) is 0 Å². The summed E-state index contributed by atoms with van der Waals surface area (Å²) in [5, 5.41) is 0. The van der Waals surface area contributed by atoms with Crippen LogP contribution in [0, 0.1) is 59.2 Å². The van der Waals surface area contributed by atoms with Crippen molar-refractivity contribution in [2.45, 2.75) is 38.5 Å². The van der Waals surface area contributed by atoms with E-state index < -0.39 is 0 Å². The summed E-state index contributed by atoms with van der Waals surface area (Å²) in [5.41, 5.74) is 0.369. The normalized spacial score (nSPS) is 68.6. The van der Waals surface area contributed by atoms with E-state index in [1.807, 2.05) is 0 Å². The van der Waals surface area contributed by atoms with Gasteiger partial charge in [-0.1, -0.05) is 5.92 Å². The fourth-order valence-corrected chi connectivity index (χ4v) is 7.09. The minimum atomic E-state index is 0.369. The molecule has 0 aromatic heterocycles. The molecule has 7 aliphatic carbocycles. The van der Waals surface area contributed by atoms with Crippen LogP contribution in [0.25, 0.3) is 0 Å². The van der Waals surface area contributed by atoms with E-state index in [2.05, 4.69) is 5.92 Å². The van der Waals surface area contributed by atoms with Gasteiger partial charge in [-0.05, 0) is 80.0 Å². The maximum Gasteiger partial charge on any atom is 0.0320 e. The first-order chi connectivity index (χ1) is 7.80. The van der Waals surface area contributed by atoms with Crippen LogP contribution in [-0.4, -0.2) is 0 Å². The molecule has 7 rings (SSSR count). The van der Waals surface area contributed by atoms with E-state index in [1.54, 1.807) is 19.3 Å². The van der Waals surface area contributed by atoms with Crippen LogP contribution >= 0.6 is 0 Å². The Bertz CT molecular complexity index is 338. The fraction of sp³-hybridized carbons (Fsp3) is 0.875. The highest BCUT2D eigenvalue weighted by molar-refractivity contribution is 5.22. The predicted octanol–water partition coefficient (Wildman–Crippen LogP) is 3.33. The minimum Gasteiger partial charge on any atom is -0.120 e. The second-order valence-corrected chi connectivity index (χ2v) is 7.59. The summed E-state index contributed by atoms with van der Waals surface area (Å²) in [6.07, 6.45) is 14.8. The molecule has 7 saturated carbocycles. The number of rotatable bonds is 0. The maximum absolute atomic E-state index is 5.89. The van der Waals surface area contributed by atoms with Gasteiger partial charge in [-0.3, -0.25) is 0 Å². The quantitative estimate of drug-likeness (QED) is 0.540. The van der Waals surface area contributed by atoms with Crippen LogP contribution in [0.5, 0.6) is 0 Å². The molecule has 0 unspecified atom stereocenters. The van der Waals surface area contributed by atoms with E-state index in [0.717, 1.165) is 41.4 Å². The Morgan fingerprint density at radius 1 is 0.750 bits per heavy atom. The lowest BCUT2D eigenvalue weighted by Crippen LogP contribution is -2.64. The van der Waals surface area contributed by atoms with Crippen LogP contribution in [0.1, 0.15) is 38.5 Å². The van der Waals surface area contributed by atoms with Crippen LogP contribution in [0.15, 0.2) is 0 Å². The molecule has 0 amide bonds. The first-order valence-electron chi connectivity index (χ1n) is 7.27. The van der Waals surface area contributed by atoms with Gasteiger partial charge in [-0.2, -0.15) is 0 Å². The van der Waals surface area contributed by atoms with Gasteiger partial charge in [0.15, 0.2) is 0 Å². The summed E-state index contributed by atoms with van der Waals surface area (Å²) in [5.74, 6) is 10.9. The number of terminal acetylenes is 1. The van der Waals surface area contributed by atoms with Crippen molar-refractivity contribution in [1.29, 1.82) is 0 Å². The third kappa shape index (κ3) is 0.746. The van der Waals surface area contributed by atoms with E-state index >= 15 is 0 Å². The molecule has 8 bridgehead atoms. The largest absolute Gasteiger partial charge is 0.120 e. The second-order valence-electron chi connectivity index (χ2n) is 7.59. The lowest BCUT2D eigenvalue weighted by Gasteiger charge is -2.71. The van der Waals surface area contributed by atoms with Crippen molar-refractivity contribution >= 4 is 0 Å². The summed E-state index contributed by atoms with van der Waals surface area (Å²) < 4.78 is 0. The molecule has 16 heavy (non-hydrogen) atoms. The van der Waals surface area contributed by atoms with Crippen LogP contribution in [0.3, 0.4) is 0 Å². The molecule has 0 radical (unpaired) electrons. The SMILES string of the molecule is C#CC12CC3C4CC5CC3C(C1)C(C5)C4C2. The van der Waals surface area contributed by atoms with Crippen molar-refractivity contribution in [3.63, 3.8) is 0 Å². The highest BCUT2D eigenvalue weighted by atomic mass is 14.7. The average molecular weight is 212 g/mol. The molecule has 7 fully saturated rings. The van der Waals surface area contributed by atoms with Gasteiger partial charge in [-0.15, -0.1) is 6.42 Å². The summed E-state index contributed by atoms with van der Waals surface area (Å²) in [6.45, 7) is 0. The molecule has 84 valence electrons. The molecule has 0 saturated heterocycles. The second kappa shape index (κ2) is 2.38. The molecule has 0 nitrogen and oxygen atoms in total. The smallest absolute Gasteiger partial charge is 0.0320 e. The fourth-order valence-electron chi connectivity index (χ4n) is 7.09. The van der Waals surface area contributed by atoms with Crippen LogP contribution in [0.4, 0.5) is 0 Å². The molecule has 0 aromatic rings.